The summed E-state index contributed by atoms with van der Waals surface area (Å²) in [5.74, 6) is -1.69. The number of thiol groups is 1. The minimum absolute atomic E-state index is 0.108. The van der Waals surface area contributed by atoms with Crippen LogP contribution in [0.3, 0.4) is 0 Å². The van der Waals surface area contributed by atoms with Gasteiger partial charge in [-0.2, -0.15) is 36.2 Å². The summed E-state index contributed by atoms with van der Waals surface area (Å²) in [4.78, 5) is 53.7. The molecule has 2 aromatic rings. The number of H-pyrrole nitrogens is 1. The third-order valence-corrected chi connectivity index (χ3v) is 7.40. The average Bonchev–Trinajstić information content (AvgIpc) is 3.29. The van der Waals surface area contributed by atoms with Gasteiger partial charge in [0.05, 0.1) is 6.04 Å². The van der Waals surface area contributed by atoms with Crippen LogP contribution in [-0.4, -0.2) is 87.7 Å². The summed E-state index contributed by atoms with van der Waals surface area (Å²) in [6.07, 6.45) is 6.47. The molecule has 0 saturated carbocycles. The molecule has 3 amide bonds. The highest BCUT2D eigenvalue weighted by Crippen LogP contribution is 2.19. The minimum atomic E-state index is -1.23. The van der Waals surface area contributed by atoms with E-state index in [4.69, 9.17) is 5.73 Å². The molecule has 7 N–H and O–H groups in total. The lowest BCUT2D eigenvalue weighted by molar-refractivity contribution is -0.141. The molecule has 13 heteroatoms. The summed E-state index contributed by atoms with van der Waals surface area (Å²) in [6, 6.07) is 3.55. The van der Waals surface area contributed by atoms with Gasteiger partial charge in [0.25, 0.3) is 0 Å². The minimum Gasteiger partial charge on any atom is -0.480 e. The number of para-hydroxylation sites is 1. The van der Waals surface area contributed by atoms with Gasteiger partial charge >= 0.3 is 5.97 Å². The number of carbonyl (C=O) groups is 4. The first-order valence-electron chi connectivity index (χ1n) is 11.7. The average molecular weight is 570 g/mol. The molecule has 1 aromatic carbocycles. The third kappa shape index (κ3) is 9.47. The quantitative estimate of drug-likeness (QED) is 0.147. The Morgan fingerprint density at radius 3 is 2.19 bits per heavy atom. The van der Waals surface area contributed by atoms with E-state index >= 15 is 0 Å². The molecule has 0 bridgehead atoms. The number of benzene rings is 1. The zero-order valence-corrected chi connectivity index (χ0v) is 23.4. The molecule has 1 heterocycles. The lowest BCUT2D eigenvalue weighted by Gasteiger charge is -2.25. The van der Waals surface area contributed by atoms with Crippen molar-refractivity contribution in [2.75, 3.05) is 29.8 Å². The highest BCUT2D eigenvalue weighted by molar-refractivity contribution is 7.98. The van der Waals surface area contributed by atoms with Gasteiger partial charge in [0, 0.05) is 29.3 Å². The normalized spacial score (nSPS) is 14.4. The highest BCUT2D eigenvalue weighted by Gasteiger charge is 2.30. The summed E-state index contributed by atoms with van der Waals surface area (Å²) in [5, 5.41) is 18.1. The SMILES string of the molecule is CSCCC(N)C(=O)NC(CCSC)C(=O)NC(Cc1c[nH]c2ccccc12)C(=O)NC(CS)C(=O)O. The van der Waals surface area contributed by atoms with Crippen LogP contribution in [0.15, 0.2) is 30.5 Å². The van der Waals surface area contributed by atoms with Gasteiger partial charge in [0.1, 0.15) is 18.1 Å². The Hall–Kier alpha value is -2.35. The lowest BCUT2D eigenvalue weighted by atomic mass is 10.0. The van der Waals surface area contributed by atoms with Gasteiger partial charge in [-0.1, -0.05) is 18.2 Å². The van der Waals surface area contributed by atoms with Gasteiger partial charge in [-0.05, 0) is 48.5 Å². The van der Waals surface area contributed by atoms with E-state index in [1.54, 1.807) is 18.0 Å². The van der Waals surface area contributed by atoms with Gasteiger partial charge in [-0.25, -0.2) is 4.79 Å². The number of carbonyl (C=O) groups excluding carboxylic acids is 3. The molecule has 0 aliphatic carbocycles. The van der Waals surface area contributed by atoms with Crippen LogP contribution >= 0.6 is 36.2 Å². The predicted molar refractivity (Wildman–Crippen MR) is 153 cm³/mol. The number of nitrogens with two attached hydrogens (primary N) is 1. The molecule has 0 saturated heterocycles. The van der Waals surface area contributed by atoms with E-state index in [0.717, 1.165) is 16.5 Å². The summed E-state index contributed by atoms with van der Waals surface area (Å²) in [6.45, 7) is 0. The fourth-order valence-corrected chi connectivity index (χ4v) is 4.83. The van der Waals surface area contributed by atoms with Crippen LogP contribution in [-0.2, 0) is 25.6 Å². The van der Waals surface area contributed by atoms with Gasteiger partial charge in [0.15, 0.2) is 0 Å². The van der Waals surface area contributed by atoms with Gasteiger partial charge in [-0.15, -0.1) is 0 Å². The molecule has 0 radical (unpaired) electrons. The van der Waals surface area contributed by atoms with E-state index < -0.39 is 47.9 Å². The maximum Gasteiger partial charge on any atom is 0.327 e. The van der Waals surface area contributed by atoms with Crippen LogP contribution < -0.4 is 21.7 Å². The second-order valence-corrected chi connectivity index (χ2v) is 10.8. The van der Waals surface area contributed by atoms with Crippen molar-refractivity contribution in [3.8, 4) is 0 Å². The van der Waals surface area contributed by atoms with Gasteiger partial charge in [-0.3, -0.25) is 14.4 Å². The number of hydrogen-bond donors (Lipinski definition) is 7. The number of aromatic amines is 1. The topological polar surface area (TPSA) is 166 Å². The lowest BCUT2D eigenvalue weighted by Crippen LogP contribution is -2.58. The van der Waals surface area contributed by atoms with Crippen LogP contribution in [0.5, 0.6) is 0 Å². The standard InChI is InChI=1S/C24H35N5O5S3/c1-36-9-7-16(25)21(30)27-18(8-10-37-2)22(31)28-19(23(32)29-20(13-35)24(33)34)11-14-12-26-17-6-4-3-5-15(14)17/h3-6,12,16,18-20,26,35H,7-11,13,25H2,1-2H3,(H,27,30)(H,28,31)(H,29,32)(H,33,34). The first kappa shape index (κ1) is 30.9. The van der Waals surface area contributed by atoms with Crippen molar-refractivity contribution in [3.05, 3.63) is 36.0 Å². The largest absolute Gasteiger partial charge is 0.480 e. The Morgan fingerprint density at radius 2 is 1.54 bits per heavy atom. The first-order chi connectivity index (χ1) is 17.7. The Labute approximate surface area is 230 Å². The van der Waals surface area contributed by atoms with E-state index in [0.29, 0.717) is 24.3 Å². The van der Waals surface area contributed by atoms with Crippen LogP contribution in [0.1, 0.15) is 18.4 Å². The van der Waals surface area contributed by atoms with Crippen LogP contribution in [0.2, 0.25) is 0 Å². The van der Waals surface area contributed by atoms with E-state index in [2.05, 4.69) is 33.6 Å². The zero-order valence-electron chi connectivity index (χ0n) is 20.9. The monoisotopic (exact) mass is 569 g/mol. The molecule has 4 atom stereocenters. The summed E-state index contributed by atoms with van der Waals surface area (Å²) >= 11 is 7.10. The van der Waals surface area contributed by atoms with Crippen molar-refractivity contribution in [1.29, 1.82) is 0 Å². The van der Waals surface area contributed by atoms with Crippen molar-refractivity contribution < 1.29 is 24.3 Å². The number of thioether (sulfide) groups is 2. The molecule has 0 aliphatic heterocycles. The fraction of sp³-hybridized carbons (Fsp3) is 0.500. The highest BCUT2D eigenvalue weighted by atomic mass is 32.2. The number of rotatable bonds is 16. The Kier molecular flexibility index (Phi) is 13.2. The van der Waals surface area contributed by atoms with E-state index in [9.17, 15) is 24.3 Å². The Balaban J connectivity index is 2.26. The van der Waals surface area contributed by atoms with Crippen LogP contribution in [0.25, 0.3) is 10.9 Å². The van der Waals surface area contributed by atoms with E-state index in [-0.39, 0.29) is 12.2 Å². The second kappa shape index (κ2) is 15.8. The van der Waals surface area contributed by atoms with Crippen LogP contribution in [0.4, 0.5) is 0 Å². The molecule has 1 aromatic heterocycles. The van der Waals surface area contributed by atoms with E-state index in [1.165, 1.54) is 11.8 Å². The van der Waals surface area contributed by atoms with Crippen molar-refractivity contribution in [2.24, 2.45) is 5.73 Å². The number of aromatic nitrogens is 1. The fourth-order valence-electron chi connectivity index (χ4n) is 3.62. The Bertz CT molecular complexity index is 1070. The molecule has 2 rings (SSSR count). The zero-order chi connectivity index (χ0) is 27.4. The van der Waals surface area contributed by atoms with E-state index in [1.807, 2.05) is 36.8 Å². The molecule has 37 heavy (non-hydrogen) atoms. The molecular formula is C24H35N5O5S3. The van der Waals surface area contributed by atoms with Gasteiger partial charge < -0.3 is 31.8 Å². The molecule has 4 unspecified atom stereocenters. The number of hydrogen-bond acceptors (Lipinski definition) is 8. The number of carboxylic acid groups (broad SMARTS) is 1. The smallest absolute Gasteiger partial charge is 0.327 e. The van der Waals surface area contributed by atoms with Crippen LogP contribution in [0, 0.1) is 0 Å². The number of carboxylic acids is 1. The predicted octanol–water partition coefficient (Wildman–Crippen LogP) is 1.01. The number of fused-ring (bicyclic) bond motifs is 1. The maximum absolute atomic E-state index is 13.3. The summed E-state index contributed by atoms with van der Waals surface area (Å²) < 4.78 is 0. The summed E-state index contributed by atoms with van der Waals surface area (Å²) in [5.41, 5.74) is 7.62. The number of aliphatic carboxylic acids is 1. The van der Waals surface area contributed by atoms with Crippen molar-refractivity contribution >= 4 is 70.7 Å². The number of nitrogens with one attached hydrogen (secondary N) is 4. The van der Waals surface area contributed by atoms with Crippen molar-refractivity contribution in [1.82, 2.24) is 20.9 Å². The van der Waals surface area contributed by atoms with Crippen molar-refractivity contribution in [2.45, 2.75) is 43.4 Å². The molecule has 204 valence electrons. The molecule has 0 aliphatic rings. The molecule has 0 fully saturated rings. The summed E-state index contributed by atoms with van der Waals surface area (Å²) in [7, 11) is 0. The second-order valence-electron chi connectivity index (χ2n) is 8.44. The van der Waals surface area contributed by atoms with Gasteiger partial charge in [0.2, 0.25) is 17.7 Å². The third-order valence-electron chi connectivity index (χ3n) is 5.74. The maximum atomic E-state index is 13.3. The Morgan fingerprint density at radius 1 is 0.946 bits per heavy atom. The molecular weight excluding hydrogens is 534 g/mol. The molecule has 0 spiro atoms. The number of amides is 3. The molecule has 10 nitrogen and oxygen atoms in total. The van der Waals surface area contributed by atoms with Crippen molar-refractivity contribution in [3.63, 3.8) is 0 Å². The first-order valence-corrected chi connectivity index (χ1v) is 15.2.